The Balaban J connectivity index is 1.62. The van der Waals surface area contributed by atoms with Gasteiger partial charge in [-0.05, 0) is 56.6 Å². The number of nitrogens with one attached hydrogen (secondary N) is 1. The number of thioether (sulfide) groups is 1. The van der Waals surface area contributed by atoms with E-state index in [0.29, 0.717) is 38.0 Å². The molecule has 0 aliphatic carbocycles. The summed E-state index contributed by atoms with van der Waals surface area (Å²) in [7, 11) is 0. The summed E-state index contributed by atoms with van der Waals surface area (Å²) in [5.74, 6) is 1.04. The molecule has 0 spiro atoms. The molecule has 30 heavy (non-hydrogen) atoms. The van der Waals surface area contributed by atoms with E-state index in [1.54, 1.807) is 16.7 Å². The highest BCUT2D eigenvalue weighted by Gasteiger charge is 2.33. The van der Waals surface area contributed by atoms with E-state index in [2.05, 4.69) is 12.2 Å². The van der Waals surface area contributed by atoms with Crippen LogP contribution in [0.2, 0.25) is 0 Å². The molecule has 0 radical (unpaired) electrons. The Hall–Kier alpha value is -2.02. The summed E-state index contributed by atoms with van der Waals surface area (Å²) >= 11 is 1.72. The van der Waals surface area contributed by atoms with Gasteiger partial charge in [0.15, 0.2) is 0 Å². The Morgan fingerprint density at radius 2 is 2.00 bits per heavy atom. The SMILES string of the molecule is CCSc1cccc(C(=O)N[C@H]2CCCCN(C(=O)C3CCC(=O)N(CC)C3)C2)c1. The van der Waals surface area contributed by atoms with Crippen LogP contribution < -0.4 is 5.32 Å². The summed E-state index contributed by atoms with van der Waals surface area (Å²) in [5.41, 5.74) is 0.667. The molecule has 7 heteroatoms. The molecule has 1 N–H and O–H groups in total. The van der Waals surface area contributed by atoms with Gasteiger partial charge in [0.2, 0.25) is 11.8 Å². The van der Waals surface area contributed by atoms with E-state index in [0.717, 1.165) is 36.5 Å². The Kier molecular flexibility index (Phi) is 8.19. The third-order valence-corrected chi connectivity index (χ3v) is 6.83. The normalized spacial score (nSPS) is 22.5. The molecule has 0 bridgehead atoms. The van der Waals surface area contributed by atoms with E-state index >= 15 is 0 Å². The van der Waals surface area contributed by atoms with E-state index < -0.39 is 0 Å². The molecule has 3 amide bonds. The number of hydrogen-bond donors (Lipinski definition) is 1. The zero-order chi connectivity index (χ0) is 21.5. The van der Waals surface area contributed by atoms with Crippen LogP contribution in [0.3, 0.4) is 0 Å². The maximum atomic E-state index is 13.2. The second-order valence-electron chi connectivity index (χ2n) is 8.08. The van der Waals surface area contributed by atoms with Crippen molar-refractivity contribution < 1.29 is 14.4 Å². The van der Waals surface area contributed by atoms with Crippen LogP contribution in [0.25, 0.3) is 0 Å². The minimum absolute atomic E-state index is 0.0427. The van der Waals surface area contributed by atoms with Crippen molar-refractivity contribution in [3.8, 4) is 0 Å². The molecule has 2 atom stereocenters. The number of nitrogens with zero attached hydrogens (tertiary/aromatic N) is 2. The van der Waals surface area contributed by atoms with Crippen molar-refractivity contribution in [3.05, 3.63) is 29.8 Å². The number of benzene rings is 1. The maximum Gasteiger partial charge on any atom is 0.251 e. The largest absolute Gasteiger partial charge is 0.348 e. The Bertz CT molecular complexity index is 770. The molecule has 6 nitrogen and oxygen atoms in total. The average Bonchev–Trinajstić information content (AvgIpc) is 2.99. The van der Waals surface area contributed by atoms with Gasteiger partial charge in [-0.2, -0.15) is 0 Å². The Morgan fingerprint density at radius 1 is 1.17 bits per heavy atom. The Morgan fingerprint density at radius 3 is 2.77 bits per heavy atom. The van der Waals surface area contributed by atoms with Crippen LogP contribution in [0.15, 0.2) is 29.2 Å². The second-order valence-corrected chi connectivity index (χ2v) is 9.42. The molecule has 2 fully saturated rings. The van der Waals surface area contributed by atoms with Crippen molar-refractivity contribution in [1.82, 2.24) is 15.1 Å². The van der Waals surface area contributed by atoms with Gasteiger partial charge in [0.05, 0.1) is 5.92 Å². The molecule has 2 aliphatic rings. The lowest BCUT2D eigenvalue weighted by molar-refractivity contribution is -0.143. The van der Waals surface area contributed by atoms with Crippen LogP contribution >= 0.6 is 11.8 Å². The van der Waals surface area contributed by atoms with Gasteiger partial charge in [-0.3, -0.25) is 14.4 Å². The van der Waals surface area contributed by atoms with Crippen molar-refractivity contribution in [3.63, 3.8) is 0 Å². The summed E-state index contributed by atoms with van der Waals surface area (Å²) in [6.07, 6.45) is 3.89. The van der Waals surface area contributed by atoms with Gasteiger partial charge < -0.3 is 15.1 Å². The number of amides is 3. The van der Waals surface area contributed by atoms with Gasteiger partial charge in [-0.25, -0.2) is 0 Å². The summed E-state index contributed by atoms with van der Waals surface area (Å²) in [4.78, 5) is 42.7. The summed E-state index contributed by atoms with van der Waals surface area (Å²) in [6.45, 7) is 6.49. The maximum absolute atomic E-state index is 13.2. The second kappa shape index (κ2) is 10.8. The minimum atomic E-state index is -0.125. The van der Waals surface area contributed by atoms with Gasteiger partial charge in [0.1, 0.15) is 0 Å². The number of carbonyl (C=O) groups excluding carboxylic acids is 3. The van der Waals surface area contributed by atoms with Crippen molar-refractivity contribution in [1.29, 1.82) is 0 Å². The van der Waals surface area contributed by atoms with Crippen molar-refractivity contribution in [2.75, 3.05) is 31.9 Å². The lowest BCUT2D eigenvalue weighted by Crippen LogP contribution is -2.50. The van der Waals surface area contributed by atoms with E-state index in [4.69, 9.17) is 0 Å². The first-order valence-corrected chi connectivity index (χ1v) is 12.1. The fourth-order valence-corrected chi connectivity index (χ4v) is 5.02. The van der Waals surface area contributed by atoms with Crippen LogP contribution in [-0.2, 0) is 9.59 Å². The molecule has 2 saturated heterocycles. The van der Waals surface area contributed by atoms with Crippen molar-refractivity contribution in [2.45, 2.75) is 56.9 Å². The lowest BCUT2D eigenvalue weighted by Gasteiger charge is -2.35. The predicted molar refractivity (Wildman–Crippen MR) is 120 cm³/mol. The smallest absolute Gasteiger partial charge is 0.251 e. The molecule has 0 saturated carbocycles. The van der Waals surface area contributed by atoms with Gasteiger partial charge in [-0.15, -0.1) is 11.8 Å². The Labute approximate surface area is 183 Å². The fraction of sp³-hybridized carbons (Fsp3) is 0.609. The standard InChI is InChI=1S/C23H33N3O3S/c1-3-25-15-18(11-12-21(25)27)23(29)26-13-6-5-9-19(16-26)24-22(28)17-8-7-10-20(14-17)30-4-2/h7-8,10,14,18-19H,3-6,9,11-13,15-16H2,1-2H3,(H,24,28)/t18?,19-/m0/s1. The number of hydrogen-bond acceptors (Lipinski definition) is 4. The third kappa shape index (κ3) is 5.78. The number of carbonyl (C=O) groups is 3. The lowest BCUT2D eigenvalue weighted by atomic mass is 9.96. The highest BCUT2D eigenvalue weighted by Crippen LogP contribution is 2.22. The summed E-state index contributed by atoms with van der Waals surface area (Å²) in [5, 5.41) is 3.15. The molecule has 164 valence electrons. The molecular formula is C23H33N3O3S. The van der Waals surface area contributed by atoms with Gasteiger partial charge >= 0.3 is 0 Å². The fourth-order valence-electron chi connectivity index (χ4n) is 4.30. The first-order valence-electron chi connectivity index (χ1n) is 11.1. The van der Waals surface area contributed by atoms with Crippen LogP contribution in [0.4, 0.5) is 0 Å². The quantitative estimate of drug-likeness (QED) is 0.703. The van der Waals surface area contributed by atoms with Crippen LogP contribution in [0.5, 0.6) is 0 Å². The highest BCUT2D eigenvalue weighted by atomic mass is 32.2. The molecule has 2 aliphatic heterocycles. The zero-order valence-electron chi connectivity index (χ0n) is 18.1. The average molecular weight is 432 g/mol. The van der Waals surface area contributed by atoms with Crippen LogP contribution in [0, 0.1) is 5.92 Å². The molecule has 3 rings (SSSR count). The van der Waals surface area contributed by atoms with Crippen molar-refractivity contribution in [2.24, 2.45) is 5.92 Å². The van der Waals surface area contributed by atoms with Crippen LogP contribution in [0.1, 0.15) is 56.3 Å². The molecule has 0 aromatic heterocycles. The summed E-state index contributed by atoms with van der Waals surface area (Å²) < 4.78 is 0. The van der Waals surface area contributed by atoms with E-state index in [9.17, 15) is 14.4 Å². The third-order valence-electron chi connectivity index (χ3n) is 5.96. The monoisotopic (exact) mass is 431 g/mol. The van der Waals surface area contributed by atoms with Gasteiger partial charge in [0, 0.05) is 49.1 Å². The number of rotatable bonds is 6. The van der Waals surface area contributed by atoms with Gasteiger partial charge in [-0.1, -0.05) is 13.0 Å². The first-order chi connectivity index (χ1) is 14.5. The van der Waals surface area contributed by atoms with E-state index in [1.165, 1.54) is 0 Å². The number of piperidine rings is 1. The van der Waals surface area contributed by atoms with Crippen molar-refractivity contribution >= 4 is 29.5 Å². The number of likely N-dealkylation sites (tertiary alicyclic amines) is 2. The van der Waals surface area contributed by atoms with Crippen LogP contribution in [-0.4, -0.2) is 65.5 Å². The van der Waals surface area contributed by atoms with Gasteiger partial charge in [0.25, 0.3) is 5.91 Å². The first kappa shape index (κ1) is 22.7. The molecular weight excluding hydrogens is 398 g/mol. The topological polar surface area (TPSA) is 69.7 Å². The molecule has 1 aromatic carbocycles. The van der Waals surface area contributed by atoms with E-state index in [1.807, 2.05) is 36.1 Å². The molecule has 1 aromatic rings. The van der Waals surface area contributed by atoms with E-state index in [-0.39, 0.29) is 29.7 Å². The summed E-state index contributed by atoms with van der Waals surface area (Å²) in [6, 6.07) is 7.67. The predicted octanol–water partition coefficient (Wildman–Crippen LogP) is 3.17. The molecule has 2 heterocycles. The minimum Gasteiger partial charge on any atom is -0.348 e. The zero-order valence-corrected chi connectivity index (χ0v) is 18.9. The highest BCUT2D eigenvalue weighted by molar-refractivity contribution is 7.99. The molecule has 1 unspecified atom stereocenters.